The van der Waals surface area contributed by atoms with Crippen LogP contribution in [0.2, 0.25) is 0 Å². The fourth-order valence-corrected chi connectivity index (χ4v) is 2.83. The topological polar surface area (TPSA) is 50.5 Å². The molecule has 1 fully saturated rings. The van der Waals surface area contributed by atoms with E-state index in [1.54, 1.807) is 12.1 Å². The third-order valence-electron chi connectivity index (χ3n) is 4.05. The first-order chi connectivity index (χ1) is 10.7. The summed E-state index contributed by atoms with van der Waals surface area (Å²) < 4.78 is 0. The molecule has 1 aliphatic rings. The van der Waals surface area contributed by atoms with Gasteiger partial charge in [-0.3, -0.25) is 4.90 Å². The molecule has 0 aliphatic carbocycles. The average Bonchev–Trinajstić information content (AvgIpc) is 2.57. The van der Waals surface area contributed by atoms with E-state index < -0.39 is 0 Å². The first kappa shape index (κ1) is 14.4. The predicted molar refractivity (Wildman–Crippen MR) is 86.8 cm³/mol. The minimum atomic E-state index is 0.305. The van der Waals surface area contributed by atoms with Crippen molar-refractivity contribution in [1.82, 2.24) is 4.90 Å². The molecule has 0 saturated carbocycles. The van der Waals surface area contributed by atoms with E-state index in [-0.39, 0.29) is 0 Å². The summed E-state index contributed by atoms with van der Waals surface area (Å²) in [7, 11) is 0. The number of nitrogens with zero attached hydrogens (tertiary/aromatic N) is 3. The van der Waals surface area contributed by atoms with E-state index in [0.29, 0.717) is 5.75 Å². The molecule has 1 aliphatic heterocycles. The second kappa shape index (κ2) is 6.50. The zero-order chi connectivity index (χ0) is 15.4. The number of phenolic OH excluding ortho intramolecular Hbond substituents is 1. The van der Waals surface area contributed by atoms with E-state index >= 15 is 0 Å². The molecule has 0 bridgehead atoms. The number of rotatable bonds is 3. The van der Waals surface area contributed by atoms with E-state index in [1.807, 2.05) is 30.3 Å². The minimum Gasteiger partial charge on any atom is -0.508 e. The highest BCUT2D eigenvalue weighted by molar-refractivity contribution is 5.49. The summed E-state index contributed by atoms with van der Waals surface area (Å²) in [5, 5.41) is 18.3. The van der Waals surface area contributed by atoms with Gasteiger partial charge in [0, 0.05) is 38.4 Å². The molecule has 3 rings (SSSR count). The van der Waals surface area contributed by atoms with Gasteiger partial charge in [-0.05, 0) is 42.0 Å². The maximum absolute atomic E-state index is 9.35. The zero-order valence-electron chi connectivity index (χ0n) is 12.4. The molecule has 0 radical (unpaired) electrons. The van der Waals surface area contributed by atoms with Gasteiger partial charge in [0.1, 0.15) is 5.75 Å². The molecule has 0 unspecified atom stereocenters. The van der Waals surface area contributed by atoms with Crippen molar-refractivity contribution in [2.24, 2.45) is 0 Å². The van der Waals surface area contributed by atoms with Crippen LogP contribution in [-0.2, 0) is 6.54 Å². The van der Waals surface area contributed by atoms with Crippen LogP contribution < -0.4 is 4.90 Å². The molecule has 0 atom stereocenters. The number of hydrogen-bond acceptors (Lipinski definition) is 4. The van der Waals surface area contributed by atoms with Crippen molar-refractivity contribution in [1.29, 1.82) is 5.26 Å². The van der Waals surface area contributed by atoms with Crippen molar-refractivity contribution in [3.8, 4) is 11.8 Å². The number of piperazine rings is 1. The van der Waals surface area contributed by atoms with Gasteiger partial charge in [0.15, 0.2) is 0 Å². The van der Waals surface area contributed by atoms with Crippen molar-refractivity contribution < 1.29 is 5.11 Å². The van der Waals surface area contributed by atoms with Gasteiger partial charge < -0.3 is 10.0 Å². The largest absolute Gasteiger partial charge is 0.508 e. The Morgan fingerprint density at radius 1 is 1.00 bits per heavy atom. The van der Waals surface area contributed by atoms with E-state index in [9.17, 15) is 5.11 Å². The summed E-state index contributed by atoms with van der Waals surface area (Å²) in [6.45, 7) is 4.83. The average molecular weight is 293 g/mol. The molecule has 112 valence electrons. The Balaban J connectivity index is 1.57. The van der Waals surface area contributed by atoms with Gasteiger partial charge in [0.2, 0.25) is 0 Å². The monoisotopic (exact) mass is 293 g/mol. The number of benzene rings is 2. The number of nitriles is 1. The van der Waals surface area contributed by atoms with Gasteiger partial charge in [0.05, 0.1) is 11.6 Å². The first-order valence-corrected chi connectivity index (χ1v) is 7.50. The van der Waals surface area contributed by atoms with Crippen molar-refractivity contribution >= 4 is 5.69 Å². The molecular formula is C18H19N3O. The van der Waals surface area contributed by atoms with Gasteiger partial charge in [-0.1, -0.05) is 12.1 Å². The predicted octanol–water partition coefficient (Wildman–Crippen LogP) is 2.59. The minimum absolute atomic E-state index is 0.305. The van der Waals surface area contributed by atoms with Crippen LogP contribution in [0.1, 0.15) is 11.1 Å². The van der Waals surface area contributed by atoms with Crippen LogP contribution in [0.25, 0.3) is 0 Å². The van der Waals surface area contributed by atoms with E-state index in [2.05, 4.69) is 21.9 Å². The van der Waals surface area contributed by atoms with Gasteiger partial charge in [-0.2, -0.15) is 5.26 Å². The highest BCUT2D eigenvalue weighted by Crippen LogP contribution is 2.20. The van der Waals surface area contributed by atoms with Gasteiger partial charge in [-0.15, -0.1) is 0 Å². The normalized spacial score (nSPS) is 15.5. The maximum Gasteiger partial charge on any atom is 0.115 e. The molecule has 22 heavy (non-hydrogen) atoms. The van der Waals surface area contributed by atoms with Crippen LogP contribution >= 0.6 is 0 Å². The SMILES string of the molecule is N#Cc1cccc(CN2CCN(c3ccc(O)cc3)CC2)c1. The molecular weight excluding hydrogens is 274 g/mol. The quantitative estimate of drug-likeness (QED) is 0.945. The van der Waals surface area contributed by atoms with E-state index in [1.165, 1.54) is 5.56 Å². The van der Waals surface area contributed by atoms with Crippen LogP contribution in [0, 0.1) is 11.3 Å². The highest BCUT2D eigenvalue weighted by atomic mass is 16.3. The molecule has 4 heteroatoms. The molecule has 4 nitrogen and oxygen atoms in total. The molecule has 1 heterocycles. The fourth-order valence-electron chi connectivity index (χ4n) is 2.83. The Morgan fingerprint density at radius 3 is 2.41 bits per heavy atom. The van der Waals surface area contributed by atoms with Gasteiger partial charge in [-0.25, -0.2) is 0 Å². The number of phenols is 1. The summed E-state index contributed by atoms with van der Waals surface area (Å²) in [6, 6.07) is 17.4. The Bertz CT molecular complexity index is 667. The van der Waals surface area contributed by atoms with E-state index in [0.717, 1.165) is 44.0 Å². The zero-order valence-corrected chi connectivity index (χ0v) is 12.4. The molecule has 0 amide bonds. The summed E-state index contributed by atoms with van der Waals surface area (Å²) in [6.07, 6.45) is 0. The van der Waals surface area contributed by atoms with Gasteiger partial charge >= 0.3 is 0 Å². The van der Waals surface area contributed by atoms with Crippen molar-refractivity contribution in [2.45, 2.75) is 6.54 Å². The molecule has 0 spiro atoms. The molecule has 1 N–H and O–H groups in total. The Morgan fingerprint density at radius 2 is 1.73 bits per heavy atom. The third-order valence-corrected chi connectivity index (χ3v) is 4.05. The summed E-state index contributed by atoms with van der Waals surface area (Å²) in [4.78, 5) is 4.75. The standard InChI is InChI=1S/C18H19N3O/c19-13-15-2-1-3-16(12-15)14-20-8-10-21(11-9-20)17-4-6-18(22)7-5-17/h1-7,12,22H,8-11,14H2. The molecule has 2 aromatic rings. The van der Waals surface area contributed by atoms with Crippen molar-refractivity contribution in [3.63, 3.8) is 0 Å². The van der Waals surface area contributed by atoms with Crippen molar-refractivity contribution in [2.75, 3.05) is 31.1 Å². The highest BCUT2D eigenvalue weighted by Gasteiger charge is 2.17. The Labute approximate surface area is 130 Å². The summed E-state index contributed by atoms with van der Waals surface area (Å²) in [5.41, 5.74) is 3.07. The summed E-state index contributed by atoms with van der Waals surface area (Å²) in [5.74, 6) is 0.305. The molecule has 2 aromatic carbocycles. The second-order valence-electron chi connectivity index (χ2n) is 5.59. The van der Waals surface area contributed by atoms with E-state index in [4.69, 9.17) is 5.26 Å². The van der Waals surface area contributed by atoms with Crippen molar-refractivity contribution in [3.05, 3.63) is 59.7 Å². The lowest BCUT2D eigenvalue weighted by atomic mass is 10.1. The first-order valence-electron chi connectivity index (χ1n) is 7.50. The molecule has 0 aromatic heterocycles. The smallest absolute Gasteiger partial charge is 0.115 e. The molecule has 1 saturated heterocycles. The fraction of sp³-hybridized carbons (Fsp3) is 0.278. The number of hydrogen-bond donors (Lipinski definition) is 1. The lowest BCUT2D eigenvalue weighted by Crippen LogP contribution is -2.45. The third kappa shape index (κ3) is 3.38. The van der Waals surface area contributed by atoms with Crippen LogP contribution in [0.5, 0.6) is 5.75 Å². The Hall–Kier alpha value is -2.51. The number of anilines is 1. The van der Waals surface area contributed by atoms with Crippen LogP contribution in [0.15, 0.2) is 48.5 Å². The second-order valence-corrected chi connectivity index (χ2v) is 5.59. The Kier molecular flexibility index (Phi) is 4.27. The van der Waals surface area contributed by atoms with Crippen LogP contribution in [0.4, 0.5) is 5.69 Å². The summed E-state index contributed by atoms with van der Waals surface area (Å²) >= 11 is 0. The van der Waals surface area contributed by atoms with Crippen LogP contribution in [-0.4, -0.2) is 36.2 Å². The lowest BCUT2D eigenvalue weighted by Gasteiger charge is -2.36. The lowest BCUT2D eigenvalue weighted by molar-refractivity contribution is 0.250. The van der Waals surface area contributed by atoms with Crippen LogP contribution in [0.3, 0.4) is 0 Å². The van der Waals surface area contributed by atoms with Gasteiger partial charge in [0.25, 0.3) is 0 Å². The maximum atomic E-state index is 9.35. The number of aromatic hydroxyl groups is 1.